The molecule has 1 fully saturated rings. The van der Waals surface area contributed by atoms with Gasteiger partial charge in [0.05, 0.1) is 5.69 Å². The van der Waals surface area contributed by atoms with Crippen molar-refractivity contribution in [1.29, 1.82) is 0 Å². The Balaban J connectivity index is 1.91. The number of nitrogens with zero attached hydrogens (tertiary/aromatic N) is 1. The Morgan fingerprint density at radius 3 is 2.89 bits per heavy atom. The lowest BCUT2D eigenvalue weighted by Crippen LogP contribution is -2.35. The van der Waals surface area contributed by atoms with Gasteiger partial charge in [-0.1, -0.05) is 6.07 Å². The summed E-state index contributed by atoms with van der Waals surface area (Å²) < 4.78 is 5.44. The summed E-state index contributed by atoms with van der Waals surface area (Å²) in [6.45, 7) is 2.30. The Morgan fingerprint density at radius 2 is 2.11 bits per heavy atom. The molecule has 1 saturated heterocycles. The van der Waals surface area contributed by atoms with Crippen LogP contribution in [0.15, 0.2) is 18.2 Å². The average Bonchev–Trinajstić information content (AvgIpc) is 2.44. The van der Waals surface area contributed by atoms with Gasteiger partial charge in [0.15, 0.2) is 6.61 Å². The molecule has 1 amide bonds. The van der Waals surface area contributed by atoms with Gasteiger partial charge in [-0.25, -0.2) is 0 Å². The first kappa shape index (κ1) is 11.5. The lowest BCUT2D eigenvalue weighted by atomic mass is 9.90. The second-order valence-electron chi connectivity index (χ2n) is 4.99. The van der Waals surface area contributed by atoms with Crippen molar-refractivity contribution in [3.05, 3.63) is 23.8 Å². The molecule has 0 saturated carbocycles. The molecule has 0 bridgehead atoms. The summed E-state index contributed by atoms with van der Waals surface area (Å²) >= 11 is 0. The normalized spacial score (nSPS) is 20.5. The van der Waals surface area contributed by atoms with Gasteiger partial charge in [-0.15, -0.1) is 0 Å². The highest BCUT2D eigenvalue weighted by Crippen LogP contribution is 2.36. The van der Waals surface area contributed by atoms with Crippen LogP contribution in [0, 0.1) is 0 Å². The van der Waals surface area contributed by atoms with Crippen LogP contribution in [-0.2, 0) is 4.79 Å². The lowest BCUT2D eigenvalue weighted by molar-refractivity contribution is -0.120. The van der Waals surface area contributed by atoms with Gasteiger partial charge in [-0.2, -0.15) is 0 Å². The molecule has 0 atom stereocenters. The summed E-state index contributed by atoms with van der Waals surface area (Å²) in [5.41, 5.74) is 2.22. The van der Waals surface area contributed by atoms with E-state index in [1.165, 1.54) is 5.56 Å². The molecule has 1 aromatic rings. The maximum atomic E-state index is 11.6. The molecule has 4 heteroatoms. The number of nitrogens with one attached hydrogen (secondary N) is 1. The number of ether oxygens (including phenoxy) is 1. The van der Waals surface area contributed by atoms with Crippen LogP contribution in [0.25, 0.3) is 0 Å². The fraction of sp³-hybridized carbons (Fsp3) is 0.500. The first-order valence-electron chi connectivity index (χ1n) is 6.50. The Hall–Kier alpha value is -1.55. The van der Waals surface area contributed by atoms with E-state index >= 15 is 0 Å². The molecule has 0 aromatic heterocycles. The highest BCUT2D eigenvalue weighted by molar-refractivity contribution is 5.97. The zero-order valence-corrected chi connectivity index (χ0v) is 10.6. The predicted molar refractivity (Wildman–Crippen MR) is 70.2 cm³/mol. The second kappa shape index (κ2) is 4.61. The number of carbonyl (C=O) groups is 1. The molecule has 1 N–H and O–H groups in total. The highest BCUT2D eigenvalue weighted by atomic mass is 16.5. The van der Waals surface area contributed by atoms with Gasteiger partial charge in [-0.3, -0.25) is 4.79 Å². The third kappa shape index (κ3) is 1.97. The highest BCUT2D eigenvalue weighted by Gasteiger charge is 2.24. The number of amides is 1. The van der Waals surface area contributed by atoms with Gasteiger partial charge >= 0.3 is 0 Å². The molecule has 1 aromatic carbocycles. The van der Waals surface area contributed by atoms with Gasteiger partial charge in [0.2, 0.25) is 0 Å². The van der Waals surface area contributed by atoms with E-state index < -0.39 is 0 Å². The van der Waals surface area contributed by atoms with E-state index in [0.29, 0.717) is 5.92 Å². The van der Waals surface area contributed by atoms with E-state index in [1.807, 2.05) is 13.1 Å². The molecule has 2 aliphatic heterocycles. The molecule has 0 aliphatic carbocycles. The lowest BCUT2D eigenvalue weighted by Gasteiger charge is -2.28. The zero-order valence-electron chi connectivity index (χ0n) is 10.6. The van der Waals surface area contributed by atoms with Crippen molar-refractivity contribution >= 4 is 11.6 Å². The molecular weight excluding hydrogens is 228 g/mol. The maximum Gasteiger partial charge on any atom is 0.264 e. The Labute approximate surface area is 107 Å². The van der Waals surface area contributed by atoms with Crippen LogP contribution < -0.4 is 15.0 Å². The summed E-state index contributed by atoms with van der Waals surface area (Å²) in [5.74, 6) is 1.43. The number of rotatable bonds is 1. The maximum absolute atomic E-state index is 11.6. The molecule has 2 heterocycles. The molecular formula is C14H18N2O2. The minimum Gasteiger partial charge on any atom is -0.482 e. The monoisotopic (exact) mass is 246 g/mol. The van der Waals surface area contributed by atoms with Gasteiger partial charge < -0.3 is 15.0 Å². The molecule has 18 heavy (non-hydrogen) atoms. The third-order valence-corrected chi connectivity index (χ3v) is 3.88. The van der Waals surface area contributed by atoms with Crippen molar-refractivity contribution in [2.45, 2.75) is 18.8 Å². The fourth-order valence-electron chi connectivity index (χ4n) is 2.70. The summed E-state index contributed by atoms with van der Waals surface area (Å²) in [6, 6.07) is 6.25. The quantitative estimate of drug-likeness (QED) is 0.816. The van der Waals surface area contributed by atoms with Crippen LogP contribution in [0.1, 0.15) is 24.3 Å². The first-order valence-corrected chi connectivity index (χ1v) is 6.50. The van der Waals surface area contributed by atoms with Crippen molar-refractivity contribution in [2.75, 3.05) is 31.6 Å². The number of hydrogen-bond acceptors (Lipinski definition) is 3. The summed E-state index contributed by atoms with van der Waals surface area (Å²) in [4.78, 5) is 13.3. The van der Waals surface area contributed by atoms with Crippen molar-refractivity contribution < 1.29 is 9.53 Å². The SMILES string of the molecule is CN1C(=O)COc2ccc(C3CCNCC3)cc21. The number of anilines is 1. The van der Waals surface area contributed by atoms with Crippen molar-refractivity contribution in [3.63, 3.8) is 0 Å². The Kier molecular flexibility index (Phi) is 2.96. The van der Waals surface area contributed by atoms with Crippen molar-refractivity contribution in [1.82, 2.24) is 5.32 Å². The molecule has 0 spiro atoms. The zero-order chi connectivity index (χ0) is 12.5. The Morgan fingerprint density at radius 1 is 1.33 bits per heavy atom. The third-order valence-electron chi connectivity index (χ3n) is 3.88. The molecule has 2 aliphatic rings. The number of hydrogen-bond donors (Lipinski definition) is 1. The van der Waals surface area contributed by atoms with E-state index in [-0.39, 0.29) is 12.5 Å². The largest absolute Gasteiger partial charge is 0.482 e. The Bertz CT molecular complexity index is 467. The van der Waals surface area contributed by atoms with E-state index in [4.69, 9.17) is 4.74 Å². The minimum absolute atomic E-state index is 0.0185. The van der Waals surface area contributed by atoms with Crippen LogP contribution in [0.5, 0.6) is 5.75 Å². The number of piperidine rings is 1. The van der Waals surface area contributed by atoms with Crippen molar-refractivity contribution in [2.24, 2.45) is 0 Å². The van der Waals surface area contributed by atoms with Gasteiger partial charge in [0.1, 0.15) is 5.75 Å². The van der Waals surface area contributed by atoms with Crippen LogP contribution in [0.2, 0.25) is 0 Å². The average molecular weight is 246 g/mol. The minimum atomic E-state index is 0.0185. The predicted octanol–water partition coefficient (Wildman–Crippen LogP) is 1.51. The molecule has 0 radical (unpaired) electrons. The van der Waals surface area contributed by atoms with E-state index in [1.54, 1.807) is 4.90 Å². The number of carbonyl (C=O) groups excluding carboxylic acids is 1. The smallest absolute Gasteiger partial charge is 0.264 e. The van der Waals surface area contributed by atoms with Crippen LogP contribution >= 0.6 is 0 Å². The second-order valence-corrected chi connectivity index (χ2v) is 4.99. The van der Waals surface area contributed by atoms with Crippen LogP contribution in [0.4, 0.5) is 5.69 Å². The first-order chi connectivity index (χ1) is 8.75. The van der Waals surface area contributed by atoms with E-state index in [9.17, 15) is 4.79 Å². The van der Waals surface area contributed by atoms with E-state index in [2.05, 4.69) is 17.4 Å². The number of likely N-dealkylation sites (N-methyl/N-ethyl adjacent to an activating group) is 1. The summed E-state index contributed by atoms with van der Waals surface area (Å²) in [6.07, 6.45) is 2.33. The van der Waals surface area contributed by atoms with Gasteiger partial charge in [0.25, 0.3) is 5.91 Å². The van der Waals surface area contributed by atoms with Crippen LogP contribution in [-0.4, -0.2) is 32.7 Å². The number of fused-ring (bicyclic) bond motifs is 1. The summed E-state index contributed by atoms with van der Waals surface area (Å²) in [5, 5.41) is 3.37. The standard InChI is InChI=1S/C14H18N2O2/c1-16-12-8-11(10-4-6-15-7-5-10)2-3-13(12)18-9-14(16)17/h2-3,8,10,15H,4-7,9H2,1H3. The van der Waals surface area contributed by atoms with Gasteiger partial charge in [0, 0.05) is 7.05 Å². The van der Waals surface area contributed by atoms with Crippen LogP contribution in [0.3, 0.4) is 0 Å². The number of benzene rings is 1. The molecule has 96 valence electrons. The fourth-order valence-corrected chi connectivity index (χ4v) is 2.70. The summed E-state index contributed by atoms with van der Waals surface area (Å²) in [7, 11) is 1.82. The van der Waals surface area contributed by atoms with E-state index in [0.717, 1.165) is 37.4 Å². The van der Waals surface area contributed by atoms with Gasteiger partial charge in [-0.05, 0) is 49.5 Å². The topological polar surface area (TPSA) is 41.6 Å². The van der Waals surface area contributed by atoms with Crippen molar-refractivity contribution in [3.8, 4) is 5.75 Å². The molecule has 3 rings (SSSR count). The molecule has 0 unspecified atom stereocenters. The molecule has 4 nitrogen and oxygen atoms in total.